The van der Waals surface area contributed by atoms with Gasteiger partial charge in [-0.3, -0.25) is 0 Å². The predicted octanol–water partition coefficient (Wildman–Crippen LogP) is 2.55. The molecule has 0 aromatic heterocycles. The van der Waals surface area contributed by atoms with Gasteiger partial charge in [0.05, 0.1) is 18.0 Å². The van der Waals surface area contributed by atoms with Gasteiger partial charge in [0.2, 0.25) is 10.0 Å². The first-order chi connectivity index (χ1) is 9.37. The number of aryl methyl sites for hydroxylation is 1. The number of ether oxygens (including phenoxy) is 1. The fourth-order valence-corrected chi connectivity index (χ4v) is 4.18. The van der Waals surface area contributed by atoms with Gasteiger partial charge >= 0.3 is 0 Å². The van der Waals surface area contributed by atoms with Crippen molar-refractivity contribution in [2.45, 2.75) is 31.7 Å². The number of nitrogens with zero attached hydrogens (tertiary/aromatic N) is 1. The highest BCUT2D eigenvalue weighted by atomic mass is 32.2. The van der Waals surface area contributed by atoms with E-state index in [9.17, 15) is 8.42 Å². The maximum atomic E-state index is 12.8. The molecule has 4 nitrogen and oxygen atoms in total. The van der Waals surface area contributed by atoms with Crippen molar-refractivity contribution in [2.75, 3.05) is 13.7 Å². The van der Waals surface area contributed by atoms with Gasteiger partial charge in [-0.2, -0.15) is 4.31 Å². The lowest BCUT2D eigenvalue weighted by molar-refractivity contribution is 0.208. The normalized spacial score (nSPS) is 20.2. The summed E-state index contributed by atoms with van der Waals surface area (Å²) in [5, 5.41) is 0. The van der Waals surface area contributed by atoms with Crippen LogP contribution in [0, 0.1) is 12.8 Å². The van der Waals surface area contributed by atoms with Crippen molar-refractivity contribution in [3.05, 3.63) is 41.7 Å². The summed E-state index contributed by atoms with van der Waals surface area (Å²) >= 11 is 0. The Morgan fingerprint density at radius 2 is 1.85 bits per heavy atom. The molecule has 0 fully saturated rings. The molecule has 0 spiro atoms. The Morgan fingerprint density at radius 3 is 2.35 bits per heavy atom. The van der Waals surface area contributed by atoms with E-state index in [1.165, 1.54) is 4.31 Å². The van der Waals surface area contributed by atoms with Crippen LogP contribution in [0.3, 0.4) is 0 Å². The highest BCUT2D eigenvalue weighted by molar-refractivity contribution is 7.89. The molecule has 5 heteroatoms. The van der Waals surface area contributed by atoms with Crippen molar-refractivity contribution in [3.8, 4) is 0 Å². The van der Waals surface area contributed by atoms with Crippen LogP contribution in [0.25, 0.3) is 0 Å². The van der Waals surface area contributed by atoms with Crippen LogP contribution in [0.4, 0.5) is 0 Å². The molecule has 1 aliphatic heterocycles. The molecule has 0 aliphatic carbocycles. The summed E-state index contributed by atoms with van der Waals surface area (Å²) in [6.45, 7) is 6.30. The van der Waals surface area contributed by atoms with Gasteiger partial charge in [0, 0.05) is 6.54 Å². The molecule has 0 saturated heterocycles. The van der Waals surface area contributed by atoms with Gasteiger partial charge in [-0.25, -0.2) is 8.42 Å². The third kappa shape index (κ3) is 2.60. The molecule has 1 aromatic carbocycles. The maximum absolute atomic E-state index is 12.8. The van der Waals surface area contributed by atoms with Gasteiger partial charge in [-0.1, -0.05) is 31.5 Å². The molecule has 2 rings (SSSR count). The molecule has 0 radical (unpaired) electrons. The number of sulfonamides is 1. The van der Waals surface area contributed by atoms with Gasteiger partial charge in [-0.05, 0) is 31.1 Å². The number of methoxy groups -OCH3 is 1. The van der Waals surface area contributed by atoms with Crippen molar-refractivity contribution < 1.29 is 13.2 Å². The number of hydrogen-bond acceptors (Lipinski definition) is 3. The van der Waals surface area contributed by atoms with Crippen LogP contribution in [0.2, 0.25) is 0 Å². The van der Waals surface area contributed by atoms with E-state index in [0.717, 1.165) is 11.3 Å². The van der Waals surface area contributed by atoms with E-state index in [1.807, 2.05) is 39.0 Å². The molecule has 1 unspecified atom stereocenters. The lowest BCUT2D eigenvalue weighted by atomic mass is 10.0. The molecular weight excluding hydrogens is 274 g/mol. The smallest absolute Gasteiger partial charge is 0.244 e. The minimum Gasteiger partial charge on any atom is -0.500 e. The summed E-state index contributed by atoms with van der Waals surface area (Å²) in [5.41, 5.74) is 1.04. The molecule has 0 N–H and O–H groups in total. The zero-order chi connectivity index (χ0) is 14.9. The molecule has 110 valence electrons. The van der Waals surface area contributed by atoms with Crippen molar-refractivity contribution in [1.29, 1.82) is 0 Å². The quantitative estimate of drug-likeness (QED) is 0.857. The van der Waals surface area contributed by atoms with E-state index in [0.29, 0.717) is 11.4 Å². The van der Waals surface area contributed by atoms with Gasteiger partial charge in [0.15, 0.2) is 0 Å². The maximum Gasteiger partial charge on any atom is 0.244 e. The van der Waals surface area contributed by atoms with Crippen LogP contribution in [-0.2, 0) is 14.8 Å². The van der Waals surface area contributed by atoms with Crippen molar-refractivity contribution in [1.82, 2.24) is 4.31 Å². The van der Waals surface area contributed by atoms with Crippen LogP contribution in [0.5, 0.6) is 0 Å². The lowest BCUT2D eigenvalue weighted by Gasteiger charge is -2.28. The van der Waals surface area contributed by atoms with Crippen LogP contribution in [0.15, 0.2) is 41.0 Å². The van der Waals surface area contributed by atoms with Gasteiger partial charge < -0.3 is 4.74 Å². The molecule has 1 atom stereocenters. The SMILES string of the molecule is COC1=CCN(S(=O)(=O)c2ccc(C)cc2)C1C(C)C. The molecule has 0 amide bonds. The zero-order valence-corrected chi connectivity index (χ0v) is 13.1. The average Bonchev–Trinajstić information content (AvgIpc) is 2.83. The van der Waals surface area contributed by atoms with Crippen LogP contribution in [-0.4, -0.2) is 32.4 Å². The second kappa shape index (κ2) is 5.58. The monoisotopic (exact) mass is 295 g/mol. The Labute approximate surface area is 121 Å². The molecule has 1 aliphatic rings. The Hall–Kier alpha value is -1.33. The summed E-state index contributed by atoms with van der Waals surface area (Å²) in [4.78, 5) is 0.333. The Balaban J connectivity index is 2.37. The largest absolute Gasteiger partial charge is 0.500 e. The molecule has 0 bridgehead atoms. The number of rotatable bonds is 4. The second-order valence-corrected chi connectivity index (χ2v) is 7.28. The Morgan fingerprint density at radius 1 is 1.25 bits per heavy atom. The fourth-order valence-electron chi connectivity index (χ4n) is 2.51. The van der Waals surface area contributed by atoms with E-state index in [1.54, 1.807) is 19.2 Å². The first-order valence-corrected chi connectivity index (χ1v) is 8.14. The van der Waals surface area contributed by atoms with E-state index in [2.05, 4.69) is 0 Å². The number of hydrogen-bond donors (Lipinski definition) is 0. The van der Waals surface area contributed by atoms with Gasteiger partial charge in [0.25, 0.3) is 0 Å². The first kappa shape index (κ1) is 15.1. The van der Waals surface area contributed by atoms with Gasteiger partial charge in [-0.15, -0.1) is 0 Å². The minimum atomic E-state index is -3.49. The Kier molecular flexibility index (Phi) is 4.20. The van der Waals surface area contributed by atoms with Gasteiger partial charge in [0.1, 0.15) is 5.76 Å². The molecule has 1 aromatic rings. The molecular formula is C15H21NO3S. The number of benzene rings is 1. The third-order valence-electron chi connectivity index (χ3n) is 3.57. The lowest BCUT2D eigenvalue weighted by Crippen LogP contribution is -2.40. The van der Waals surface area contributed by atoms with Crippen molar-refractivity contribution in [3.63, 3.8) is 0 Å². The van der Waals surface area contributed by atoms with Crippen LogP contribution < -0.4 is 0 Å². The summed E-state index contributed by atoms with van der Waals surface area (Å²) in [7, 11) is -1.90. The molecule has 20 heavy (non-hydrogen) atoms. The zero-order valence-electron chi connectivity index (χ0n) is 12.3. The molecule has 1 heterocycles. The summed E-state index contributed by atoms with van der Waals surface area (Å²) in [6.07, 6.45) is 1.84. The van der Waals surface area contributed by atoms with Crippen LogP contribution >= 0.6 is 0 Å². The minimum absolute atomic E-state index is 0.156. The van der Waals surface area contributed by atoms with Crippen LogP contribution in [0.1, 0.15) is 19.4 Å². The predicted molar refractivity (Wildman–Crippen MR) is 78.8 cm³/mol. The second-order valence-electron chi connectivity index (χ2n) is 5.39. The fraction of sp³-hybridized carbons (Fsp3) is 0.467. The molecule has 0 saturated carbocycles. The summed E-state index contributed by atoms with van der Waals surface area (Å²) in [5.74, 6) is 0.889. The first-order valence-electron chi connectivity index (χ1n) is 6.70. The average molecular weight is 295 g/mol. The third-order valence-corrected chi connectivity index (χ3v) is 5.43. The van der Waals surface area contributed by atoms with Crippen molar-refractivity contribution in [2.24, 2.45) is 5.92 Å². The van der Waals surface area contributed by atoms with E-state index in [4.69, 9.17) is 4.74 Å². The standard InChI is InChI=1S/C15H21NO3S/c1-11(2)15-14(19-4)9-10-16(15)20(17,18)13-7-5-12(3)6-8-13/h5-9,11,15H,10H2,1-4H3. The summed E-state index contributed by atoms with van der Waals surface area (Å²) < 4.78 is 32.4. The highest BCUT2D eigenvalue weighted by Crippen LogP contribution is 2.31. The van der Waals surface area contributed by atoms with E-state index in [-0.39, 0.29) is 12.0 Å². The van der Waals surface area contributed by atoms with E-state index >= 15 is 0 Å². The Bertz CT molecular complexity index is 603. The topological polar surface area (TPSA) is 46.6 Å². The highest BCUT2D eigenvalue weighted by Gasteiger charge is 2.39. The summed E-state index contributed by atoms with van der Waals surface area (Å²) in [6, 6.07) is 6.72. The van der Waals surface area contributed by atoms with Crippen molar-refractivity contribution >= 4 is 10.0 Å². The van der Waals surface area contributed by atoms with E-state index < -0.39 is 10.0 Å².